The van der Waals surface area contributed by atoms with Gasteiger partial charge in [-0.3, -0.25) is 14.5 Å². The van der Waals surface area contributed by atoms with Gasteiger partial charge in [0.25, 0.3) is 5.56 Å². The molecule has 1 aromatic heterocycles. The highest BCUT2D eigenvalue weighted by molar-refractivity contribution is 8.00. The van der Waals surface area contributed by atoms with Gasteiger partial charge in [-0.1, -0.05) is 0 Å². The van der Waals surface area contributed by atoms with E-state index in [2.05, 4.69) is 30.1 Å². The number of rotatable bonds is 8. The molecule has 0 bridgehead atoms. The first kappa shape index (κ1) is 32.4. The van der Waals surface area contributed by atoms with Crippen LogP contribution in [0, 0.1) is 24.7 Å². The van der Waals surface area contributed by atoms with E-state index in [0.29, 0.717) is 42.9 Å². The number of hydrogen-bond donors (Lipinski definition) is 2. The van der Waals surface area contributed by atoms with Crippen molar-refractivity contribution >= 4 is 29.3 Å². The summed E-state index contributed by atoms with van der Waals surface area (Å²) in [6.45, 7) is 7.46. The predicted octanol–water partition coefficient (Wildman–Crippen LogP) is 4.59. The van der Waals surface area contributed by atoms with Crippen LogP contribution in [0.4, 0.5) is 0 Å². The summed E-state index contributed by atoms with van der Waals surface area (Å²) >= 11 is 8.60. The number of aromatic nitrogens is 1. The van der Waals surface area contributed by atoms with Gasteiger partial charge in [-0.25, -0.2) is 0 Å². The molecular weight excluding hydrogens is 610 g/mol. The third-order valence-electron chi connectivity index (χ3n) is 12.5. The zero-order valence-corrected chi connectivity index (χ0v) is 28.8. The van der Waals surface area contributed by atoms with Crippen molar-refractivity contribution in [2.45, 2.75) is 131 Å². The molecule has 3 saturated heterocycles. The standard InChI is InChI=1S/C35H52ClN3O5S/c1-20-14-26(32-31(37-20)28(19-45-32)34(41)42)25-16-22(36)4-5-30(25)44-13-12-39-21(2)15-29-27(33(39)40)17-23(18-35(29)8-9-35)38-10-6-24(43-3)7-11-38/h15,20,22-26,28,30-32,37H,4-14,16-19H2,1-3H3,(H,41,42). The lowest BCUT2D eigenvalue weighted by Crippen LogP contribution is -2.57. The number of nitrogens with one attached hydrogen (secondary N) is 1. The second-order valence-corrected chi connectivity index (χ2v) is 17.0. The maximum atomic E-state index is 14.2. The molecule has 2 N–H and O–H groups in total. The van der Waals surface area contributed by atoms with Crippen LogP contribution in [0.15, 0.2) is 10.9 Å². The minimum atomic E-state index is -0.692. The van der Waals surface area contributed by atoms with E-state index >= 15 is 0 Å². The number of methoxy groups -OCH3 is 1. The van der Waals surface area contributed by atoms with Crippen LogP contribution in [0.3, 0.4) is 0 Å². The molecule has 0 radical (unpaired) electrons. The monoisotopic (exact) mass is 661 g/mol. The predicted molar refractivity (Wildman–Crippen MR) is 179 cm³/mol. The number of nitrogens with zero attached hydrogens (tertiary/aromatic N) is 2. The number of carboxylic acids is 1. The number of carbonyl (C=O) groups is 1. The molecule has 3 aliphatic heterocycles. The van der Waals surface area contributed by atoms with Crippen LogP contribution >= 0.6 is 23.4 Å². The fourth-order valence-corrected chi connectivity index (χ4v) is 12.0. The van der Waals surface area contributed by atoms with Crippen LogP contribution < -0.4 is 10.9 Å². The van der Waals surface area contributed by atoms with E-state index in [0.717, 1.165) is 69.3 Å². The van der Waals surface area contributed by atoms with Crippen molar-refractivity contribution in [3.63, 3.8) is 0 Å². The average molecular weight is 662 g/mol. The van der Waals surface area contributed by atoms with Gasteiger partial charge in [0.1, 0.15) is 0 Å². The van der Waals surface area contributed by atoms with Crippen molar-refractivity contribution in [1.29, 1.82) is 0 Å². The molecule has 9 unspecified atom stereocenters. The molecule has 2 saturated carbocycles. The Bertz CT molecular complexity index is 1310. The van der Waals surface area contributed by atoms with E-state index in [1.807, 2.05) is 23.4 Å². The maximum Gasteiger partial charge on any atom is 0.308 e. The number of halogens is 1. The van der Waals surface area contributed by atoms with Crippen molar-refractivity contribution < 1.29 is 19.4 Å². The zero-order chi connectivity index (χ0) is 31.5. The van der Waals surface area contributed by atoms with Crippen molar-refractivity contribution in [2.24, 2.45) is 17.8 Å². The highest BCUT2D eigenvalue weighted by atomic mass is 35.5. The van der Waals surface area contributed by atoms with Gasteiger partial charge in [-0.15, -0.1) is 11.6 Å². The smallest absolute Gasteiger partial charge is 0.308 e. The first-order chi connectivity index (χ1) is 21.7. The molecule has 9 atom stereocenters. The Morgan fingerprint density at radius 3 is 2.67 bits per heavy atom. The number of hydrogen-bond acceptors (Lipinski definition) is 7. The topological polar surface area (TPSA) is 93.0 Å². The van der Waals surface area contributed by atoms with E-state index in [1.54, 1.807) is 0 Å². The van der Waals surface area contributed by atoms with Crippen molar-refractivity contribution in [1.82, 2.24) is 14.8 Å². The second-order valence-electron chi connectivity index (χ2n) is 15.2. The Balaban J connectivity index is 1.05. The molecule has 0 aromatic carbocycles. The Hall–Kier alpha value is -1.10. The molecule has 5 fully saturated rings. The normalized spacial score (nSPS) is 38.2. The second kappa shape index (κ2) is 13.1. The summed E-state index contributed by atoms with van der Waals surface area (Å²) in [5.74, 6) is 0.309. The summed E-state index contributed by atoms with van der Waals surface area (Å²) < 4.78 is 14.3. The summed E-state index contributed by atoms with van der Waals surface area (Å²) in [5.41, 5.74) is 3.81. The van der Waals surface area contributed by atoms with Crippen molar-refractivity contribution in [3.8, 4) is 0 Å². The summed E-state index contributed by atoms with van der Waals surface area (Å²) in [6, 6.07) is 3.04. The number of alkyl halides is 1. The summed E-state index contributed by atoms with van der Waals surface area (Å²) in [4.78, 5) is 28.8. The van der Waals surface area contributed by atoms with Crippen LogP contribution in [-0.2, 0) is 32.6 Å². The third-order valence-corrected chi connectivity index (χ3v) is 14.5. The van der Waals surface area contributed by atoms with Gasteiger partial charge < -0.3 is 24.5 Å². The number of thioether (sulfide) groups is 1. The van der Waals surface area contributed by atoms with Crippen molar-refractivity contribution in [3.05, 3.63) is 33.2 Å². The number of fused-ring (bicyclic) bond motifs is 3. The maximum absolute atomic E-state index is 14.2. The number of carboxylic acid groups (broad SMARTS) is 1. The van der Waals surface area contributed by atoms with Gasteiger partial charge in [0.2, 0.25) is 0 Å². The fourth-order valence-electron chi connectivity index (χ4n) is 9.90. The van der Waals surface area contributed by atoms with Crippen LogP contribution in [-0.4, -0.2) is 94.1 Å². The lowest BCUT2D eigenvalue weighted by atomic mass is 9.70. The lowest BCUT2D eigenvalue weighted by Gasteiger charge is -2.47. The average Bonchev–Trinajstić information content (AvgIpc) is 3.66. The number of aryl methyl sites for hydroxylation is 1. The molecule has 7 rings (SSSR count). The quantitative estimate of drug-likeness (QED) is 0.391. The van der Waals surface area contributed by atoms with Gasteiger partial charge >= 0.3 is 5.97 Å². The number of likely N-dealkylation sites (tertiary alicyclic amines) is 1. The lowest BCUT2D eigenvalue weighted by molar-refractivity contribution is -0.142. The molecule has 10 heteroatoms. The first-order valence-corrected chi connectivity index (χ1v) is 19.0. The van der Waals surface area contributed by atoms with Gasteiger partial charge in [0.05, 0.1) is 24.7 Å². The summed E-state index contributed by atoms with van der Waals surface area (Å²) in [6.07, 6.45) is 10.8. The largest absolute Gasteiger partial charge is 0.481 e. The van der Waals surface area contributed by atoms with E-state index < -0.39 is 5.97 Å². The zero-order valence-electron chi connectivity index (χ0n) is 27.2. The minimum absolute atomic E-state index is 0.000691. The van der Waals surface area contributed by atoms with Gasteiger partial charge in [0.15, 0.2) is 0 Å². The van der Waals surface area contributed by atoms with E-state index in [-0.39, 0.29) is 45.7 Å². The Labute approximate surface area is 277 Å². The number of aliphatic carboxylic acids is 1. The molecule has 45 heavy (non-hydrogen) atoms. The third kappa shape index (κ3) is 6.28. The Kier molecular flexibility index (Phi) is 9.43. The van der Waals surface area contributed by atoms with Crippen molar-refractivity contribution in [2.75, 3.05) is 32.6 Å². The molecule has 0 amide bonds. The van der Waals surface area contributed by atoms with Crippen LogP contribution in [0.25, 0.3) is 0 Å². The van der Waals surface area contributed by atoms with E-state index in [1.165, 1.54) is 24.8 Å². The van der Waals surface area contributed by atoms with E-state index in [4.69, 9.17) is 21.1 Å². The number of pyridine rings is 1. The molecule has 1 aromatic rings. The SMILES string of the molecule is COC1CCN(C2Cc3c(cc(C)n(CCOC4CCC(Cl)CC4C4CC(C)NC5C(C(=O)O)CSC45)c3=O)C3(CC3)C2)CC1. The first-order valence-electron chi connectivity index (χ1n) is 17.5. The van der Waals surface area contributed by atoms with Crippen LogP contribution in [0.1, 0.15) is 81.5 Å². The van der Waals surface area contributed by atoms with Gasteiger partial charge in [-0.2, -0.15) is 11.8 Å². The molecule has 3 aliphatic carbocycles. The molecule has 8 nitrogen and oxygen atoms in total. The summed E-state index contributed by atoms with van der Waals surface area (Å²) in [7, 11) is 1.82. The highest BCUT2D eigenvalue weighted by Gasteiger charge is 2.53. The number of ether oxygens (including phenoxy) is 2. The molecular formula is C35H52ClN3O5S. The fraction of sp³-hybridized carbons (Fsp3) is 0.829. The highest BCUT2D eigenvalue weighted by Crippen LogP contribution is 2.56. The van der Waals surface area contributed by atoms with E-state index in [9.17, 15) is 14.7 Å². The molecule has 6 aliphatic rings. The molecule has 4 heterocycles. The Morgan fingerprint density at radius 2 is 1.96 bits per heavy atom. The van der Waals surface area contributed by atoms with Crippen LogP contribution in [0.5, 0.6) is 0 Å². The van der Waals surface area contributed by atoms with Gasteiger partial charge in [-0.05, 0) is 107 Å². The minimum Gasteiger partial charge on any atom is -0.481 e. The number of piperidine rings is 2. The Morgan fingerprint density at radius 1 is 1.18 bits per heavy atom. The molecule has 250 valence electrons. The van der Waals surface area contributed by atoms with Crippen LogP contribution in [0.2, 0.25) is 0 Å². The van der Waals surface area contributed by atoms with Gasteiger partial charge in [0, 0.05) is 72.5 Å². The summed E-state index contributed by atoms with van der Waals surface area (Å²) in [5, 5.41) is 13.9. The molecule has 1 spiro atoms.